The summed E-state index contributed by atoms with van der Waals surface area (Å²) in [5.74, 6) is 0. The highest BCUT2D eigenvalue weighted by Crippen LogP contribution is 2.38. The lowest BCUT2D eigenvalue weighted by Gasteiger charge is -2.43. The maximum atomic E-state index is 10.9. The van der Waals surface area contributed by atoms with Gasteiger partial charge >= 0.3 is 0 Å². The van der Waals surface area contributed by atoms with Gasteiger partial charge in [0.25, 0.3) is 8.32 Å². The summed E-state index contributed by atoms with van der Waals surface area (Å²) in [6.07, 6.45) is -1.68. The van der Waals surface area contributed by atoms with Gasteiger partial charge in [0.15, 0.2) is 8.32 Å². The molecule has 0 aromatic heterocycles. The van der Waals surface area contributed by atoms with Crippen LogP contribution in [0.2, 0.25) is 23.2 Å². The average molecular weight is 503 g/mol. The standard InChI is InChI=1S/C28H46O4Si2/c1-22(32-33(8,9)27(2,3)4)26(30)20-23(29)21-31-34(28(5,6)7,24-16-12-10-13-17-24)25-18-14-11-15-19-25/h10-19,22-23,26,29-30H,20-21H2,1-9H3/t22-,23-,26+/m0/s1. The molecule has 2 rings (SSSR count). The van der Waals surface area contributed by atoms with Gasteiger partial charge in [-0.1, -0.05) is 102 Å². The first-order valence-corrected chi connectivity index (χ1v) is 17.2. The fourth-order valence-corrected chi connectivity index (χ4v) is 10.3. The molecular formula is C28H46O4Si2. The first kappa shape index (κ1) is 28.9. The van der Waals surface area contributed by atoms with Crippen molar-refractivity contribution in [1.29, 1.82) is 0 Å². The van der Waals surface area contributed by atoms with Crippen LogP contribution in [-0.4, -0.2) is 51.8 Å². The van der Waals surface area contributed by atoms with Crippen LogP contribution in [0.3, 0.4) is 0 Å². The number of aliphatic hydroxyl groups is 2. The van der Waals surface area contributed by atoms with E-state index in [4.69, 9.17) is 8.85 Å². The smallest absolute Gasteiger partial charge is 0.261 e. The van der Waals surface area contributed by atoms with Gasteiger partial charge in [0.05, 0.1) is 24.9 Å². The number of aliphatic hydroxyl groups excluding tert-OH is 2. The molecule has 0 bridgehead atoms. The van der Waals surface area contributed by atoms with E-state index in [9.17, 15) is 10.2 Å². The fraction of sp³-hybridized carbons (Fsp3) is 0.571. The second kappa shape index (κ2) is 11.2. The van der Waals surface area contributed by atoms with Gasteiger partial charge in [-0.05, 0) is 40.5 Å². The van der Waals surface area contributed by atoms with Crippen LogP contribution in [0.1, 0.15) is 54.9 Å². The van der Waals surface area contributed by atoms with Gasteiger partial charge in [0, 0.05) is 6.42 Å². The lowest BCUT2D eigenvalue weighted by atomic mass is 10.1. The zero-order valence-corrected chi connectivity index (χ0v) is 24.6. The highest BCUT2D eigenvalue weighted by atomic mass is 28.4. The predicted octanol–water partition coefficient (Wildman–Crippen LogP) is 5.09. The SMILES string of the molecule is C[C@H](O[Si](C)(C)C(C)(C)C)[C@H](O)C[C@H](O)CO[Si](c1ccccc1)(c1ccccc1)C(C)(C)C. The van der Waals surface area contributed by atoms with Gasteiger partial charge in [-0.25, -0.2) is 0 Å². The summed E-state index contributed by atoms with van der Waals surface area (Å²) in [7, 11) is -4.73. The lowest BCUT2D eigenvalue weighted by molar-refractivity contribution is -0.00893. The van der Waals surface area contributed by atoms with Crippen molar-refractivity contribution in [3.63, 3.8) is 0 Å². The van der Waals surface area contributed by atoms with Crippen LogP contribution in [0, 0.1) is 0 Å². The van der Waals surface area contributed by atoms with Crippen LogP contribution >= 0.6 is 0 Å². The molecule has 0 saturated heterocycles. The molecule has 2 aromatic carbocycles. The largest absolute Gasteiger partial charge is 0.412 e. The molecule has 0 amide bonds. The van der Waals surface area contributed by atoms with Gasteiger partial charge in [-0.2, -0.15) is 0 Å². The second-order valence-corrected chi connectivity index (χ2v) is 21.1. The van der Waals surface area contributed by atoms with E-state index in [1.807, 2.05) is 19.1 Å². The Labute approximate surface area is 209 Å². The molecule has 2 N–H and O–H groups in total. The van der Waals surface area contributed by atoms with Crippen LogP contribution in [0.25, 0.3) is 0 Å². The summed E-state index contributed by atoms with van der Waals surface area (Å²) in [5.41, 5.74) is 0. The van der Waals surface area contributed by atoms with Crippen molar-refractivity contribution < 1.29 is 19.1 Å². The Bertz CT molecular complexity index is 833. The molecule has 0 radical (unpaired) electrons. The molecule has 0 aliphatic heterocycles. The van der Waals surface area contributed by atoms with Crippen LogP contribution in [0.4, 0.5) is 0 Å². The summed E-state index contributed by atoms with van der Waals surface area (Å²) in [6.45, 7) is 19.6. The number of hydrogen-bond donors (Lipinski definition) is 2. The number of rotatable bonds is 10. The molecule has 0 unspecified atom stereocenters. The highest BCUT2D eigenvalue weighted by molar-refractivity contribution is 6.99. The van der Waals surface area contributed by atoms with E-state index in [0.717, 1.165) is 0 Å². The third-order valence-electron chi connectivity index (χ3n) is 7.25. The summed E-state index contributed by atoms with van der Waals surface area (Å²) in [4.78, 5) is 0. The molecule has 0 aliphatic rings. The third-order valence-corrected chi connectivity index (χ3v) is 16.8. The minimum atomic E-state index is -2.72. The van der Waals surface area contributed by atoms with Crippen molar-refractivity contribution in [2.24, 2.45) is 0 Å². The maximum Gasteiger partial charge on any atom is 0.261 e. The zero-order chi connectivity index (χ0) is 25.8. The highest BCUT2D eigenvalue weighted by Gasteiger charge is 2.50. The monoisotopic (exact) mass is 502 g/mol. The Kier molecular flexibility index (Phi) is 9.52. The van der Waals surface area contributed by atoms with E-state index in [1.165, 1.54) is 10.4 Å². The number of hydrogen-bond acceptors (Lipinski definition) is 4. The van der Waals surface area contributed by atoms with E-state index < -0.39 is 28.8 Å². The van der Waals surface area contributed by atoms with Crippen molar-refractivity contribution >= 4 is 27.0 Å². The molecule has 2 aromatic rings. The van der Waals surface area contributed by atoms with Crippen LogP contribution in [0.15, 0.2) is 60.7 Å². The lowest BCUT2D eigenvalue weighted by Crippen LogP contribution is -2.67. The van der Waals surface area contributed by atoms with E-state index >= 15 is 0 Å². The van der Waals surface area contributed by atoms with E-state index in [-0.39, 0.29) is 29.2 Å². The number of benzene rings is 2. The van der Waals surface area contributed by atoms with Crippen LogP contribution < -0.4 is 10.4 Å². The summed E-state index contributed by atoms with van der Waals surface area (Å²) in [5, 5.41) is 24.0. The molecule has 0 heterocycles. The summed E-state index contributed by atoms with van der Waals surface area (Å²) < 4.78 is 13.2. The van der Waals surface area contributed by atoms with Crippen molar-refractivity contribution in [2.45, 2.75) is 96.4 Å². The normalized spacial score (nSPS) is 16.2. The van der Waals surface area contributed by atoms with Crippen LogP contribution in [0.5, 0.6) is 0 Å². The van der Waals surface area contributed by atoms with Crippen molar-refractivity contribution in [3.05, 3.63) is 60.7 Å². The zero-order valence-electron chi connectivity index (χ0n) is 22.6. The molecule has 6 heteroatoms. The topological polar surface area (TPSA) is 58.9 Å². The predicted molar refractivity (Wildman–Crippen MR) is 148 cm³/mol. The van der Waals surface area contributed by atoms with E-state index in [2.05, 4.69) is 103 Å². The minimum absolute atomic E-state index is 0.0615. The summed E-state index contributed by atoms with van der Waals surface area (Å²) >= 11 is 0. The van der Waals surface area contributed by atoms with Gasteiger partial charge in [0.1, 0.15) is 0 Å². The second-order valence-electron chi connectivity index (χ2n) is 12.0. The van der Waals surface area contributed by atoms with E-state index in [1.54, 1.807) is 0 Å². The molecule has 34 heavy (non-hydrogen) atoms. The van der Waals surface area contributed by atoms with Gasteiger partial charge in [-0.15, -0.1) is 0 Å². The maximum absolute atomic E-state index is 10.9. The fourth-order valence-electron chi connectivity index (χ4n) is 4.24. The Balaban J connectivity index is 2.23. The van der Waals surface area contributed by atoms with Crippen molar-refractivity contribution in [2.75, 3.05) is 6.61 Å². The Hall–Kier alpha value is -1.29. The first-order chi connectivity index (χ1) is 15.6. The van der Waals surface area contributed by atoms with Gasteiger partial charge in [-0.3, -0.25) is 0 Å². The van der Waals surface area contributed by atoms with E-state index in [0.29, 0.717) is 0 Å². The molecule has 3 atom stereocenters. The quantitative estimate of drug-likeness (QED) is 0.445. The molecular weight excluding hydrogens is 456 g/mol. The van der Waals surface area contributed by atoms with Crippen molar-refractivity contribution in [3.8, 4) is 0 Å². The summed E-state index contributed by atoms with van der Waals surface area (Å²) in [6, 6.07) is 20.8. The molecule has 0 spiro atoms. The van der Waals surface area contributed by atoms with Gasteiger partial charge < -0.3 is 19.1 Å². The van der Waals surface area contributed by atoms with Crippen LogP contribution in [-0.2, 0) is 8.85 Å². The molecule has 0 saturated carbocycles. The van der Waals surface area contributed by atoms with Gasteiger partial charge in [0.2, 0.25) is 0 Å². The molecule has 4 nitrogen and oxygen atoms in total. The molecule has 190 valence electrons. The Morgan fingerprint density at radius 2 is 1.21 bits per heavy atom. The first-order valence-electron chi connectivity index (χ1n) is 12.4. The third kappa shape index (κ3) is 6.68. The van der Waals surface area contributed by atoms with Crippen molar-refractivity contribution in [1.82, 2.24) is 0 Å². The Morgan fingerprint density at radius 3 is 1.59 bits per heavy atom. The average Bonchev–Trinajstić information content (AvgIpc) is 2.73. The molecule has 0 aliphatic carbocycles. The molecule has 0 fully saturated rings. The Morgan fingerprint density at radius 1 is 0.765 bits per heavy atom. The minimum Gasteiger partial charge on any atom is -0.412 e.